The molecule has 0 amide bonds. The van der Waals surface area contributed by atoms with E-state index in [0.29, 0.717) is 16.8 Å². The van der Waals surface area contributed by atoms with Crippen LogP contribution in [-0.4, -0.2) is 18.2 Å². The van der Waals surface area contributed by atoms with E-state index in [1.165, 1.54) is 12.1 Å². The van der Waals surface area contributed by atoms with Crippen molar-refractivity contribution in [2.45, 2.75) is 18.4 Å². The van der Waals surface area contributed by atoms with Crippen molar-refractivity contribution >= 4 is 51.6 Å². The molecule has 0 N–H and O–H groups in total. The first-order valence-electron chi connectivity index (χ1n) is 5.75. The average Bonchev–Trinajstić information content (AvgIpc) is 2.61. The average molecular weight is 459 g/mol. The van der Waals surface area contributed by atoms with Crippen molar-refractivity contribution < 1.29 is 13.2 Å². The molecule has 0 saturated heterocycles. The molecule has 114 valence electrons. The Hall–Kier alpha value is -0.570. The highest BCUT2D eigenvalue weighted by Gasteiger charge is 2.15. The lowest BCUT2D eigenvalue weighted by atomic mass is 10.3. The largest absolute Gasteiger partial charge is 0.486 e. The van der Waals surface area contributed by atoms with E-state index in [0.717, 1.165) is 15.9 Å². The van der Waals surface area contributed by atoms with E-state index >= 15 is 0 Å². The number of hydrogen-bond donors (Lipinski definition) is 0. The Morgan fingerprint density at radius 2 is 2.05 bits per heavy atom. The molecule has 9 heteroatoms. The Bertz CT molecular complexity index is 790. The Morgan fingerprint density at radius 1 is 1.38 bits per heavy atom. The number of nitrogens with zero attached hydrogens (tertiary/aromatic N) is 2. The van der Waals surface area contributed by atoms with Crippen molar-refractivity contribution in [3.63, 3.8) is 0 Å². The summed E-state index contributed by atoms with van der Waals surface area (Å²) in [5.41, 5.74) is 1.76. The van der Waals surface area contributed by atoms with Crippen LogP contribution in [-0.2, 0) is 22.7 Å². The molecule has 0 unspecified atom stereocenters. The van der Waals surface area contributed by atoms with Gasteiger partial charge in [0.15, 0.2) is 0 Å². The van der Waals surface area contributed by atoms with Crippen LogP contribution < -0.4 is 4.74 Å². The minimum atomic E-state index is -3.75. The third-order valence-electron chi connectivity index (χ3n) is 2.81. The van der Waals surface area contributed by atoms with Gasteiger partial charge in [-0.3, -0.25) is 4.68 Å². The lowest BCUT2D eigenvalue weighted by Gasteiger charge is -2.09. The van der Waals surface area contributed by atoms with Crippen LogP contribution in [0.15, 0.2) is 32.0 Å². The van der Waals surface area contributed by atoms with Crippen LogP contribution in [0.3, 0.4) is 0 Å². The van der Waals surface area contributed by atoms with Crippen molar-refractivity contribution in [2.75, 3.05) is 0 Å². The molecule has 0 radical (unpaired) electrons. The molecule has 0 saturated carbocycles. The fourth-order valence-electron chi connectivity index (χ4n) is 1.73. The normalized spacial score (nSPS) is 11.7. The molecule has 1 heterocycles. The highest BCUT2D eigenvalue weighted by Crippen LogP contribution is 2.30. The van der Waals surface area contributed by atoms with Crippen LogP contribution in [0, 0.1) is 6.92 Å². The molecule has 2 aromatic rings. The molecular weight excluding hydrogens is 447 g/mol. The monoisotopic (exact) mass is 456 g/mol. The Balaban J connectivity index is 2.21. The van der Waals surface area contributed by atoms with Gasteiger partial charge in [0.2, 0.25) is 0 Å². The summed E-state index contributed by atoms with van der Waals surface area (Å²) >= 11 is 6.73. The van der Waals surface area contributed by atoms with Crippen LogP contribution in [0.2, 0.25) is 0 Å². The topological polar surface area (TPSA) is 61.2 Å². The summed E-state index contributed by atoms with van der Waals surface area (Å²) in [7, 11) is 3.37. The van der Waals surface area contributed by atoms with Crippen molar-refractivity contribution in [2.24, 2.45) is 7.05 Å². The molecule has 1 aromatic carbocycles. The lowest BCUT2D eigenvalue weighted by Crippen LogP contribution is -2.04. The zero-order valence-electron chi connectivity index (χ0n) is 11.1. The van der Waals surface area contributed by atoms with Gasteiger partial charge >= 0.3 is 0 Å². The Kier molecular flexibility index (Phi) is 5.02. The molecule has 21 heavy (non-hydrogen) atoms. The SMILES string of the molecule is Cc1nn(C)c(COc2ccc(S(=O)(=O)Cl)cc2Br)c1Br. The summed E-state index contributed by atoms with van der Waals surface area (Å²) in [6.45, 7) is 2.19. The first kappa shape index (κ1) is 16.8. The highest BCUT2D eigenvalue weighted by molar-refractivity contribution is 9.10. The van der Waals surface area contributed by atoms with Gasteiger partial charge in [0.05, 0.1) is 25.2 Å². The third-order valence-corrected chi connectivity index (χ3v) is 5.81. The molecule has 0 aliphatic heterocycles. The third kappa shape index (κ3) is 3.80. The van der Waals surface area contributed by atoms with Crippen molar-refractivity contribution in [1.82, 2.24) is 9.78 Å². The van der Waals surface area contributed by atoms with Gasteiger partial charge in [-0.25, -0.2) is 8.42 Å². The maximum atomic E-state index is 11.3. The highest BCUT2D eigenvalue weighted by atomic mass is 79.9. The zero-order chi connectivity index (χ0) is 15.8. The van der Waals surface area contributed by atoms with Gasteiger partial charge in [-0.15, -0.1) is 0 Å². The number of hydrogen-bond acceptors (Lipinski definition) is 4. The van der Waals surface area contributed by atoms with Crippen LogP contribution in [0.5, 0.6) is 5.75 Å². The second-order valence-electron chi connectivity index (χ2n) is 4.29. The molecule has 0 fully saturated rings. The molecule has 2 rings (SSSR count). The van der Waals surface area contributed by atoms with Gasteiger partial charge in [-0.1, -0.05) is 0 Å². The van der Waals surface area contributed by atoms with Gasteiger partial charge in [-0.2, -0.15) is 5.10 Å². The molecule has 0 atom stereocenters. The number of rotatable bonds is 4. The second-order valence-corrected chi connectivity index (χ2v) is 8.50. The number of aryl methyl sites for hydroxylation is 2. The van der Waals surface area contributed by atoms with Crippen LogP contribution in [0.1, 0.15) is 11.4 Å². The first-order chi connectivity index (χ1) is 9.70. The zero-order valence-corrected chi connectivity index (χ0v) is 15.8. The summed E-state index contributed by atoms with van der Waals surface area (Å²) < 4.78 is 31.3. The maximum absolute atomic E-state index is 11.3. The molecular formula is C12H11Br2ClN2O3S. The molecule has 5 nitrogen and oxygen atoms in total. The molecule has 0 bridgehead atoms. The predicted octanol–water partition coefficient (Wildman–Crippen LogP) is 3.76. The van der Waals surface area contributed by atoms with Crippen LogP contribution >= 0.6 is 42.5 Å². The molecule has 0 aliphatic rings. The van der Waals surface area contributed by atoms with E-state index in [9.17, 15) is 8.42 Å². The first-order valence-corrected chi connectivity index (χ1v) is 9.64. The number of halogens is 3. The van der Waals surface area contributed by atoms with Crippen LogP contribution in [0.4, 0.5) is 0 Å². The van der Waals surface area contributed by atoms with E-state index in [1.54, 1.807) is 10.7 Å². The van der Waals surface area contributed by atoms with Gasteiger partial charge in [0.1, 0.15) is 12.4 Å². The van der Waals surface area contributed by atoms with E-state index < -0.39 is 9.05 Å². The second kappa shape index (κ2) is 6.28. The van der Waals surface area contributed by atoms with E-state index in [4.69, 9.17) is 15.4 Å². The Labute approximate surface area is 143 Å². The van der Waals surface area contributed by atoms with E-state index in [1.807, 2.05) is 14.0 Å². The minimum Gasteiger partial charge on any atom is -0.486 e. The summed E-state index contributed by atoms with van der Waals surface area (Å²) in [5, 5.41) is 4.27. The summed E-state index contributed by atoms with van der Waals surface area (Å²) in [6, 6.07) is 4.35. The molecule has 0 spiro atoms. The van der Waals surface area contributed by atoms with Crippen molar-refractivity contribution in [3.8, 4) is 5.75 Å². The van der Waals surface area contributed by atoms with E-state index in [2.05, 4.69) is 37.0 Å². The van der Waals surface area contributed by atoms with Gasteiger partial charge in [0.25, 0.3) is 9.05 Å². The quantitative estimate of drug-likeness (QED) is 0.655. The van der Waals surface area contributed by atoms with E-state index in [-0.39, 0.29) is 4.90 Å². The lowest BCUT2D eigenvalue weighted by molar-refractivity contribution is 0.292. The fourth-order valence-corrected chi connectivity index (χ4v) is 3.61. The predicted molar refractivity (Wildman–Crippen MR) is 87.2 cm³/mol. The van der Waals surface area contributed by atoms with Crippen molar-refractivity contribution in [3.05, 3.63) is 38.5 Å². The fraction of sp³-hybridized carbons (Fsp3) is 0.250. The minimum absolute atomic E-state index is 0.0148. The number of aromatic nitrogens is 2. The van der Waals surface area contributed by atoms with Crippen molar-refractivity contribution in [1.29, 1.82) is 0 Å². The number of benzene rings is 1. The maximum Gasteiger partial charge on any atom is 0.261 e. The molecule has 1 aromatic heterocycles. The standard InChI is InChI=1S/C12H11Br2ClN2O3S/c1-7-12(14)10(17(2)16-7)6-20-11-4-3-8(5-9(11)13)21(15,18)19/h3-5H,6H2,1-2H3. The number of ether oxygens (including phenoxy) is 1. The Morgan fingerprint density at radius 3 is 2.52 bits per heavy atom. The summed E-state index contributed by atoms with van der Waals surface area (Å²) in [4.78, 5) is 0.0148. The molecule has 0 aliphatic carbocycles. The van der Waals surface area contributed by atoms with Gasteiger partial charge < -0.3 is 4.74 Å². The summed E-state index contributed by atoms with van der Waals surface area (Å²) in [5.74, 6) is 0.518. The van der Waals surface area contributed by atoms with Gasteiger partial charge in [0, 0.05) is 17.7 Å². The van der Waals surface area contributed by atoms with Crippen LogP contribution in [0.25, 0.3) is 0 Å². The smallest absolute Gasteiger partial charge is 0.261 e. The summed E-state index contributed by atoms with van der Waals surface area (Å²) in [6.07, 6.45) is 0. The van der Waals surface area contributed by atoms with Gasteiger partial charge in [-0.05, 0) is 57.0 Å².